The molecule has 0 bridgehead atoms. The van der Waals surface area contributed by atoms with Crippen molar-refractivity contribution >= 4 is 28.7 Å². The highest BCUT2D eigenvalue weighted by molar-refractivity contribution is 7.99. The lowest BCUT2D eigenvalue weighted by atomic mass is 10.1. The molecule has 1 N–H and O–H groups in total. The fourth-order valence-corrected chi connectivity index (χ4v) is 5.29. The Bertz CT molecular complexity index is 1190. The van der Waals surface area contributed by atoms with Crippen LogP contribution in [0.5, 0.6) is 0 Å². The first-order valence-electron chi connectivity index (χ1n) is 11.4. The summed E-state index contributed by atoms with van der Waals surface area (Å²) < 4.78 is 17.6. The smallest absolute Gasteiger partial charge is 0.204 e. The van der Waals surface area contributed by atoms with Crippen LogP contribution >= 0.6 is 11.8 Å². The first-order valence-corrected chi connectivity index (χ1v) is 12.4. The van der Waals surface area contributed by atoms with Gasteiger partial charge in [0.25, 0.3) is 0 Å². The van der Waals surface area contributed by atoms with Crippen LogP contribution in [0.15, 0.2) is 66.1 Å². The maximum atomic E-state index is 13.4. The van der Waals surface area contributed by atoms with E-state index in [0.29, 0.717) is 12.6 Å². The molecule has 6 nitrogen and oxygen atoms in total. The van der Waals surface area contributed by atoms with Crippen LogP contribution < -0.4 is 5.32 Å². The zero-order valence-corrected chi connectivity index (χ0v) is 19.6. The number of hydrogen-bond acceptors (Lipinski definition) is 5. The topological polar surface area (TPSA) is 50.9 Å². The lowest BCUT2D eigenvalue weighted by molar-refractivity contribution is 0.231. The SMILES string of the molecule is Cn1ccnc1SCCN1CCC(Nc2nc3ccccc3n2Cc2ccc(F)cc2)CC1. The van der Waals surface area contributed by atoms with E-state index in [1.165, 1.54) is 12.1 Å². The summed E-state index contributed by atoms with van der Waals surface area (Å²) in [5, 5.41) is 4.79. The Morgan fingerprint density at radius 3 is 2.64 bits per heavy atom. The molecule has 2 aromatic heterocycles. The Morgan fingerprint density at radius 1 is 1.09 bits per heavy atom. The van der Waals surface area contributed by atoms with E-state index in [4.69, 9.17) is 4.98 Å². The van der Waals surface area contributed by atoms with E-state index < -0.39 is 0 Å². The highest BCUT2D eigenvalue weighted by Crippen LogP contribution is 2.24. The number of aromatic nitrogens is 4. The van der Waals surface area contributed by atoms with E-state index in [1.54, 1.807) is 0 Å². The van der Waals surface area contributed by atoms with Gasteiger partial charge in [-0.2, -0.15) is 0 Å². The van der Waals surface area contributed by atoms with Crippen LogP contribution in [0.25, 0.3) is 11.0 Å². The van der Waals surface area contributed by atoms with Gasteiger partial charge in [0, 0.05) is 50.9 Å². The number of fused-ring (bicyclic) bond motifs is 1. The van der Waals surface area contributed by atoms with Crippen molar-refractivity contribution in [3.8, 4) is 0 Å². The van der Waals surface area contributed by atoms with Gasteiger partial charge in [0.15, 0.2) is 5.16 Å². The zero-order chi connectivity index (χ0) is 22.6. The summed E-state index contributed by atoms with van der Waals surface area (Å²) in [5.41, 5.74) is 3.13. The summed E-state index contributed by atoms with van der Waals surface area (Å²) in [6, 6.07) is 15.3. The molecule has 2 aromatic carbocycles. The minimum atomic E-state index is -0.210. The van der Waals surface area contributed by atoms with Gasteiger partial charge in [0.2, 0.25) is 5.95 Å². The molecule has 1 aliphatic rings. The van der Waals surface area contributed by atoms with Crippen molar-refractivity contribution in [1.29, 1.82) is 0 Å². The Labute approximate surface area is 197 Å². The van der Waals surface area contributed by atoms with Crippen LogP contribution in [-0.4, -0.2) is 55.4 Å². The standard InChI is InChI=1S/C25H29FN6S/c1-30-15-12-27-25(30)33-17-16-31-13-10-21(11-14-31)28-24-29-22-4-2-3-5-23(22)32(24)18-19-6-8-20(26)9-7-19/h2-9,12,15,21H,10-11,13-14,16-18H2,1H3,(H,28,29). The fraction of sp³-hybridized carbons (Fsp3) is 0.360. The van der Waals surface area contributed by atoms with Gasteiger partial charge in [-0.05, 0) is 42.7 Å². The molecule has 33 heavy (non-hydrogen) atoms. The third-order valence-corrected chi connectivity index (χ3v) is 7.28. The molecule has 0 amide bonds. The molecule has 0 spiro atoms. The number of nitrogens with one attached hydrogen (secondary N) is 1. The first-order chi connectivity index (χ1) is 16.2. The summed E-state index contributed by atoms with van der Waals surface area (Å²) in [4.78, 5) is 11.8. The average Bonchev–Trinajstić information content (AvgIpc) is 3.39. The lowest BCUT2D eigenvalue weighted by Crippen LogP contribution is -2.40. The number of likely N-dealkylation sites (tertiary alicyclic amines) is 1. The van der Waals surface area contributed by atoms with Crippen LogP contribution in [0.1, 0.15) is 18.4 Å². The summed E-state index contributed by atoms with van der Waals surface area (Å²) >= 11 is 1.81. The number of para-hydroxylation sites is 2. The number of halogens is 1. The van der Waals surface area contributed by atoms with Gasteiger partial charge >= 0.3 is 0 Å². The second-order valence-electron chi connectivity index (χ2n) is 8.57. The fourth-order valence-electron chi connectivity index (χ4n) is 4.36. The molecule has 0 atom stereocenters. The first kappa shape index (κ1) is 22.0. The Morgan fingerprint density at radius 2 is 1.88 bits per heavy atom. The Kier molecular flexibility index (Phi) is 6.64. The average molecular weight is 465 g/mol. The molecular weight excluding hydrogens is 435 g/mol. The van der Waals surface area contributed by atoms with Crippen molar-refractivity contribution in [2.24, 2.45) is 7.05 Å². The van der Waals surface area contributed by atoms with Crippen LogP contribution in [0.3, 0.4) is 0 Å². The number of thioether (sulfide) groups is 1. The van der Waals surface area contributed by atoms with Gasteiger partial charge in [-0.3, -0.25) is 0 Å². The number of rotatable bonds is 8. The van der Waals surface area contributed by atoms with Crippen molar-refractivity contribution in [3.63, 3.8) is 0 Å². The molecule has 172 valence electrons. The number of aryl methyl sites for hydroxylation is 1. The number of hydrogen-bond donors (Lipinski definition) is 1. The third kappa shape index (κ3) is 5.23. The van der Waals surface area contributed by atoms with E-state index in [-0.39, 0.29) is 5.82 Å². The quantitative estimate of drug-likeness (QED) is 0.386. The second-order valence-corrected chi connectivity index (χ2v) is 9.63. The van der Waals surface area contributed by atoms with Gasteiger partial charge in [0.05, 0.1) is 17.6 Å². The zero-order valence-electron chi connectivity index (χ0n) is 18.8. The molecule has 0 radical (unpaired) electrons. The van der Waals surface area contributed by atoms with Crippen LogP contribution in [0, 0.1) is 5.82 Å². The number of piperidine rings is 1. The lowest BCUT2D eigenvalue weighted by Gasteiger charge is -2.32. The van der Waals surface area contributed by atoms with Crippen LogP contribution in [0.2, 0.25) is 0 Å². The van der Waals surface area contributed by atoms with Gasteiger partial charge in [-0.25, -0.2) is 14.4 Å². The van der Waals surface area contributed by atoms with E-state index in [2.05, 4.69) is 30.4 Å². The predicted molar refractivity (Wildman–Crippen MR) is 132 cm³/mol. The maximum absolute atomic E-state index is 13.4. The van der Waals surface area contributed by atoms with Crippen molar-refractivity contribution in [2.45, 2.75) is 30.6 Å². The van der Waals surface area contributed by atoms with Crippen molar-refractivity contribution in [1.82, 2.24) is 24.0 Å². The normalized spacial score (nSPS) is 15.3. The number of imidazole rings is 2. The Balaban J connectivity index is 1.21. The van der Waals surface area contributed by atoms with E-state index in [0.717, 1.165) is 65.9 Å². The predicted octanol–water partition coefficient (Wildman–Crippen LogP) is 4.63. The van der Waals surface area contributed by atoms with Gasteiger partial charge in [-0.15, -0.1) is 0 Å². The molecule has 0 aliphatic carbocycles. The number of nitrogens with zero attached hydrogens (tertiary/aromatic N) is 5. The van der Waals surface area contributed by atoms with E-state index in [9.17, 15) is 4.39 Å². The molecule has 3 heterocycles. The summed E-state index contributed by atoms with van der Waals surface area (Å²) in [5.74, 6) is 1.73. The van der Waals surface area contributed by atoms with E-state index in [1.807, 2.05) is 61.5 Å². The van der Waals surface area contributed by atoms with Crippen molar-refractivity contribution < 1.29 is 4.39 Å². The molecule has 1 fully saturated rings. The maximum Gasteiger partial charge on any atom is 0.204 e. The van der Waals surface area contributed by atoms with Crippen molar-refractivity contribution in [3.05, 3.63) is 72.3 Å². The third-order valence-electron chi connectivity index (χ3n) is 6.24. The van der Waals surface area contributed by atoms with Crippen molar-refractivity contribution in [2.75, 3.05) is 30.7 Å². The second kappa shape index (κ2) is 9.97. The molecule has 1 aliphatic heterocycles. The van der Waals surface area contributed by atoms with Crippen LogP contribution in [0.4, 0.5) is 10.3 Å². The molecule has 5 rings (SSSR count). The largest absolute Gasteiger partial charge is 0.353 e. The van der Waals surface area contributed by atoms with Gasteiger partial charge in [-0.1, -0.05) is 36.0 Å². The number of benzene rings is 2. The molecule has 0 saturated carbocycles. The Hall–Kier alpha value is -2.84. The molecular formula is C25H29FN6S. The van der Waals surface area contributed by atoms with E-state index >= 15 is 0 Å². The minimum absolute atomic E-state index is 0.210. The minimum Gasteiger partial charge on any atom is -0.353 e. The summed E-state index contributed by atoms with van der Waals surface area (Å²) in [7, 11) is 2.04. The monoisotopic (exact) mass is 464 g/mol. The molecule has 4 aromatic rings. The highest BCUT2D eigenvalue weighted by Gasteiger charge is 2.21. The molecule has 1 saturated heterocycles. The highest BCUT2D eigenvalue weighted by atomic mass is 32.2. The van der Waals surface area contributed by atoms with Gasteiger partial charge < -0.3 is 19.4 Å². The summed E-state index contributed by atoms with van der Waals surface area (Å²) in [6.07, 6.45) is 6.02. The summed E-state index contributed by atoms with van der Waals surface area (Å²) in [6.45, 7) is 3.90. The molecule has 8 heteroatoms. The number of anilines is 1. The van der Waals surface area contributed by atoms with Gasteiger partial charge in [0.1, 0.15) is 5.82 Å². The van der Waals surface area contributed by atoms with Crippen LogP contribution in [-0.2, 0) is 13.6 Å². The molecule has 0 unspecified atom stereocenters.